The highest BCUT2D eigenvalue weighted by Gasteiger charge is 2.14. The average molecular weight is 235 g/mol. The molecule has 0 aliphatic heterocycles. The molecule has 0 bridgehead atoms. The molecule has 0 unspecified atom stereocenters. The van der Waals surface area contributed by atoms with Crippen molar-refractivity contribution in [2.75, 3.05) is 5.73 Å². The second-order valence-corrected chi connectivity index (χ2v) is 4.37. The van der Waals surface area contributed by atoms with Gasteiger partial charge in [-0.25, -0.2) is 9.37 Å². The van der Waals surface area contributed by atoms with Crippen molar-refractivity contribution >= 4 is 17.0 Å². The summed E-state index contributed by atoms with van der Waals surface area (Å²) < 4.78 is 15.6. The first kappa shape index (κ1) is 11.9. The molecule has 0 atom stereocenters. The van der Waals surface area contributed by atoms with E-state index in [2.05, 4.69) is 18.8 Å². The standard InChI is InChI=1S/C13H18FN3/c1-3-9(4-2)8-17-12-10(14)6-5-7-11(12)16-13(17)15/h5-7,9H,3-4,8H2,1-2H3,(H2,15,16). The maximum Gasteiger partial charge on any atom is 0.201 e. The molecule has 0 aliphatic rings. The lowest BCUT2D eigenvalue weighted by atomic mass is 10.0. The van der Waals surface area contributed by atoms with Gasteiger partial charge in [-0.3, -0.25) is 0 Å². The van der Waals surface area contributed by atoms with Crippen molar-refractivity contribution in [1.82, 2.24) is 9.55 Å². The van der Waals surface area contributed by atoms with Crippen molar-refractivity contribution in [3.63, 3.8) is 0 Å². The van der Waals surface area contributed by atoms with Crippen LogP contribution in [0.2, 0.25) is 0 Å². The average Bonchev–Trinajstić information content (AvgIpc) is 2.63. The van der Waals surface area contributed by atoms with Crippen molar-refractivity contribution in [2.45, 2.75) is 33.2 Å². The first-order chi connectivity index (χ1) is 8.17. The molecule has 17 heavy (non-hydrogen) atoms. The molecular formula is C13H18FN3. The Balaban J connectivity index is 2.48. The van der Waals surface area contributed by atoms with Crippen molar-refractivity contribution in [3.05, 3.63) is 24.0 Å². The highest BCUT2D eigenvalue weighted by molar-refractivity contribution is 5.78. The summed E-state index contributed by atoms with van der Waals surface area (Å²) in [5, 5.41) is 0. The number of aromatic nitrogens is 2. The van der Waals surface area contributed by atoms with Crippen LogP contribution >= 0.6 is 0 Å². The summed E-state index contributed by atoms with van der Waals surface area (Å²) >= 11 is 0. The third kappa shape index (κ3) is 2.12. The first-order valence-electron chi connectivity index (χ1n) is 6.07. The fourth-order valence-corrected chi connectivity index (χ4v) is 2.15. The second-order valence-electron chi connectivity index (χ2n) is 4.37. The maximum absolute atomic E-state index is 13.8. The monoisotopic (exact) mass is 235 g/mol. The number of para-hydroxylation sites is 1. The van der Waals surface area contributed by atoms with E-state index in [0.717, 1.165) is 19.4 Å². The lowest BCUT2D eigenvalue weighted by Crippen LogP contribution is -2.12. The molecule has 2 aromatic rings. The van der Waals surface area contributed by atoms with Gasteiger partial charge in [-0.2, -0.15) is 0 Å². The number of imidazole rings is 1. The van der Waals surface area contributed by atoms with Gasteiger partial charge in [-0.15, -0.1) is 0 Å². The van der Waals surface area contributed by atoms with Crippen LogP contribution in [0.25, 0.3) is 11.0 Å². The van der Waals surface area contributed by atoms with Crippen molar-refractivity contribution in [3.8, 4) is 0 Å². The molecule has 4 heteroatoms. The molecule has 0 spiro atoms. The smallest absolute Gasteiger partial charge is 0.201 e. The van der Waals surface area contributed by atoms with Gasteiger partial charge >= 0.3 is 0 Å². The number of nitrogens with two attached hydrogens (primary N) is 1. The summed E-state index contributed by atoms with van der Waals surface area (Å²) in [6, 6.07) is 4.90. The maximum atomic E-state index is 13.8. The minimum Gasteiger partial charge on any atom is -0.369 e. The van der Waals surface area contributed by atoms with E-state index >= 15 is 0 Å². The van der Waals surface area contributed by atoms with Gasteiger partial charge in [-0.05, 0) is 18.1 Å². The molecule has 0 saturated carbocycles. The molecule has 0 fully saturated rings. The highest BCUT2D eigenvalue weighted by Crippen LogP contribution is 2.23. The number of nitrogen functional groups attached to an aromatic ring is 1. The van der Waals surface area contributed by atoms with Gasteiger partial charge in [-0.1, -0.05) is 32.8 Å². The molecule has 92 valence electrons. The van der Waals surface area contributed by atoms with E-state index in [9.17, 15) is 4.39 Å². The van der Waals surface area contributed by atoms with Crippen molar-refractivity contribution < 1.29 is 4.39 Å². The third-order valence-corrected chi connectivity index (χ3v) is 3.34. The summed E-state index contributed by atoms with van der Waals surface area (Å²) in [7, 11) is 0. The summed E-state index contributed by atoms with van der Waals surface area (Å²) in [4.78, 5) is 4.20. The normalized spacial score (nSPS) is 11.5. The van der Waals surface area contributed by atoms with Crippen LogP contribution in [-0.4, -0.2) is 9.55 Å². The largest absolute Gasteiger partial charge is 0.369 e. The van der Waals surface area contributed by atoms with Crippen molar-refractivity contribution in [1.29, 1.82) is 0 Å². The molecule has 0 radical (unpaired) electrons. The van der Waals surface area contributed by atoms with Crippen LogP contribution < -0.4 is 5.73 Å². The molecule has 1 heterocycles. The van der Waals surface area contributed by atoms with Gasteiger partial charge in [0.15, 0.2) is 0 Å². The Bertz CT molecular complexity index is 515. The zero-order valence-electron chi connectivity index (χ0n) is 10.3. The van der Waals surface area contributed by atoms with Crippen molar-refractivity contribution in [2.24, 2.45) is 5.92 Å². The van der Waals surface area contributed by atoms with E-state index in [1.54, 1.807) is 16.7 Å². The Morgan fingerprint density at radius 2 is 2.06 bits per heavy atom. The van der Waals surface area contributed by atoms with Crippen LogP contribution in [0.4, 0.5) is 10.3 Å². The molecule has 3 nitrogen and oxygen atoms in total. The second kappa shape index (κ2) is 4.73. The molecular weight excluding hydrogens is 217 g/mol. The van der Waals surface area contributed by atoms with Crippen LogP contribution in [0.3, 0.4) is 0 Å². The predicted molar refractivity (Wildman–Crippen MR) is 68.2 cm³/mol. The number of nitrogens with zero attached hydrogens (tertiary/aromatic N) is 2. The summed E-state index contributed by atoms with van der Waals surface area (Å²) in [6.07, 6.45) is 2.12. The molecule has 2 rings (SSSR count). The molecule has 0 saturated heterocycles. The van der Waals surface area contributed by atoms with E-state index < -0.39 is 0 Å². The number of hydrogen-bond acceptors (Lipinski definition) is 2. The van der Waals surface area contributed by atoms with Gasteiger partial charge in [0.25, 0.3) is 0 Å². The summed E-state index contributed by atoms with van der Waals surface area (Å²) in [5.74, 6) is 0.656. The summed E-state index contributed by atoms with van der Waals surface area (Å²) in [6.45, 7) is 5.01. The Morgan fingerprint density at radius 1 is 1.35 bits per heavy atom. The SMILES string of the molecule is CCC(CC)Cn1c(N)nc2cccc(F)c21. The number of hydrogen-bond donors (Lipinski definition) is 1. The first-order valence-corrected chi connectivity index (χ1v) is 6.07. The van der Waals surface area contributed by atoms with E-state index in [0.29, 0.717) is 22.9 Å². The lowest BCUT2D eigenvalue weighted by Gasteiger charge is -2.14. The Labute approximate surface area is 100 Å². The zero-order valence-corrected chi connectivity index (χ0v) is 10.3. The lowest BCUT2D eigenvalue weighted by molar-refractivity contribution is 0.425. The number of rotatable bonds is 4. The Hall–Kier alpha value is -1.58. The predicted octanol–water partition coefficient (Wildman–Crippen LogP) is 3.19. The molecule has 1 aromatic carbocycles. The topological polar surface area (TPSA) is 43.8 Å². The summed E-state index contributed by atoms with van der Waals surface area (Å²) in [5.41, 5.74) is 7.02. The minimum absolute atomic E-state index is 0.252. The van der Waals surface area contributed by atoms with E-state index in [1.165, 1.54) is 6.07 Å². The molecule has 1 aromatic heterocycles. The van der Waals surface area contributed by atoms with Gasteiger partial charge in [0.2, 0.25) is 5.95 Å². The fourth-order valence-electron chi connectivity index (χ4n) is 2.15. The number of halogens is 1. The van der Waals surface area contributed by atoms with E-state index in [1.807, 2.05) is 0 Å². The van der Waals surface area contributed by atoms with Gasteiger partial charge in [0, 0.05) is 6.54 Å². The zero-order chi connectivity index (χ0) is 12.4. The number of anilines is 1. The van der Waals surface area contributed by atoms with E-state index in [4.69, 9.17) is 5.73 Å². The quantitative estimate of drug-likeness (QED) is 0.884. The Morgan fingerprint density at radius 3 is 2.71 bits per heavy atom. The van der Waals surface area contributed by atoms with Gasteiger partial charge in [0.1, 0.15) is 11.3 Å². The minimum atomic E-state index is -0.252. The van der Waals surface area contributed by atoms with Crippen LogP contribution in [0.15, 0.2) is 18.2 Å². The molecule has 0 aliphatic carbocycles. The third-order valence-electron chi connectivity index (χ3n) is 3.34. The molecule has 0 amide bonds. The van der Waals surface area contributed by atoms with Crippen LogP contribution in [0.1, 0.15) is 26.7 Å². The molecule has 2 N–H and O–H groups in total. The van der Waals surface area contributed by atoms with Crippen LogP contribution in [-0.2, 0) is 6.54 Å². The van der Waals surface area contributed by atoms with Crippen LogP contribution in [0.5, 0.6) is 0 Å². The van der Waals surface area contributed by atoms with E-state index in [-0.39, 0.29) is 5.82 Å². The van der Waals surface area contributed by atoms with Crippen LogP contribution in [0, 0.1) is 11.7 Å². The number of fused-ring (bicyclic) bond motifs is 1. The van der Waals surface area contributed by atoms with Gasteiger partial charge in [0.05, 0.1) is 5.52 Å². The van der Waals surface area contributed by atoms with Gasteiger partial charge < -0.3 is 10.3 Å². The Kier molecular flexibility index (Phi) is 3.31. The number of benzene rings is 1. The fraction of sp³-hybridized carbons (Fsp3) is 0.462. The highest BCUT2D eigenvalue weighted by atomic mass is 19.1.